The second-order valence-corrected chi connectivity index (χ2v) is 6.56. The molecule has 1 atom stereocenters. The van der Waals surface area contributed by atoms with Crippen LogP contribution in [0.2, 0.25) is 0 Å². The zero-order valence-corrected chi connectivity index (χ0v) is 12.3. The summed E-state index contributed by atoms with van der Waals surface area (Å²) in [5.74, 6) is 0.659. The highest BCUT2D eigenvalue weighted by molar-refractivity contribution is 7.53. The Bertz CT molecular complexity index is 370. The minimum atomic E-state index is -3.00. The van der Waals surface area contributed by atoms with E-state index in [1.807, 2.05) is 30.3 Å². The first-order chi connectivity index (χ1) is 8.70. The van der Waals surface area contributed by atoms with Crippen molar-refractivity contribution in [2.75, 3.05) is 19.6 Å². The number of unbranched alkanes of at least 4 members (excludes halogenated alkanes) is 2. The van der Waals surface area contributed by atoms with Crippen LogP contribution < -0.4 is 0 Å². The minimum absolute atomic E-state index is 0.319. The average Bonchev–Trinajstić information content (AvgIpc) is 2.40. The lowest BCUT2D eigenvalue weighted by atomic mass is 10.2. The van der Waals surface area contributed by atoms with E-state index in [9.17, 15) is 4.57 Å². The second kappa shape index (κ2) is 8.71. The van der Waals surface area contributed by atoms with Crippen molar-refractivity contribution in [1.82, 2.24) is 0 Å². The van der Waals surface area contributed by atoms with E-state index >= 15 is 0 Å². The third kappa shape index (κ3) is 6.01. The van der Waals surface area contributed by atoms with E-state index in [2.05, 4.69) is 0 Å². The van der Waals surface area contributed by atoms with Crippen LogP contribution in [0.25, 0.3) is 0 Å². The van der Waals surface area contributed by atoms with Gasteiger partial charge < -0.3 is 9.05 Å². The van der Waals surface area contributed by atoms with Gasteiger partial charge in [0.15, 0.2) is 0 Å². The van der Waals surface area contributed by atoms with Crippen LogP contribution in [0.4, 0.5) is 0 Å². The standard InChI is InChI=1S/C13H20ClO3P/c1-16-18(15,17-11-7-3-6-10-14)12-13-8-4-2-5-9-13/h2,4-5,8-9H,3,6-7,10-12H2,1H3. The van der Waals surface area contributed by atoms with Gasteiger partial charge in [0.05, 0.1) is 12.8 Å². The van der Waals surface area contributed by atoms with Gasteiger partial charge in [-0.05, 0) is 24.8 Å². The third-order valence-corrected chi connectivity index (χ3v) is 4.72. The van der Waals surface area contributed by atoms with Crippen molar-refractivity contribution in [2.24, 2.45) is 0 Å². The molecule has 5 heteroatoms. The Hall–Kier alpha value is -0.340. The Balaban J connectivity index is 2.40. The summed E-state index contributed by atoms with van der Waals surface area (Å²) in [5, 5.41) is 0. The third-order valence-electron chi connectivity index (χ3n) is 2.56. The summed E-state index contributed by atoms with van der Waals surface area (Å²) in [6.45, 7) is 0.453. The van der Waals surface area contributed by atoms with Crippen molar-refractivity contribution in [3.8, 4) is 0 Å². The normalized spacial score (nSPS) is 14.3. The first-order valence-corrected chi connectivity index (χ1v) is 8.35. The number of benzene rings is 1. The predicted molar refractivity (Wildman–Crippen MR) is 75.3 cm³/mol. The highest BCUT2D eigenvalue weighted by Crippen LogP contribution is 2.50. The van der Waals surface area contributed by atoms with Crippen molar-refractivity contribution < 1.29 is 13.6 Å². The number of alkyl halides is 1. The van der Waals surface area contributed by atoms with E-state index in [4.69, 9.17) is 20.6 Å². The average molecular weight is 291 g/mol. The largest absolute Gasteiger partial charge is 0.334 e. The molecule has 0 saturated heterocycles. The van der Waals surface area contributed by atoms with Crippen LogP contribution in [0.15, 0.2) is 30.3 Å². The minimum Gasteiger partial charge on any atom is -0.312 e. The van der Waals surface area contributed by atoms with Gasteiger partial charge in [-0.15, -0.1) is 11.6 Å². The molecule has 0 radical (unpaired) electrons. The highest BCUT2D eigenvalue weighted by atomic mass is 35.5. The summed E-state index contributed by atoms with van der Waals surface area (Å²) in [7, 11) is -1.57. The lowest BCUT2D eigenvalue weighted by Gasteiger charge is -2.16. The summed E-state index contributed by atoms with van der Waals surface area (Å²) in [6.07, 6.45) is 3.12. The van der Waals surface area contributed by atoms with Crippen molar-refractivity contribution in [2.45, 2.75) is 25.4 Å². The van der Waals surface area contributed by atoms with Crippen LogP contribution in [0.3, 0.4) is 0 Å². The van der Waals surface area contributed by atoms with Crippen molar-refractivity contribution in [3.63, 3.8) is 0 Å². The molecule has 0 spiro atoms. The van der Waals surface area contributed by atoms with Gasteiger partial charge in [-0.25, -0.2) is 0 Å². The molecule has 0 N–H and O–H groups in total. The van der Waals surface area contributed by atoms with E-state index in [1.165, 1.54) is 7.11 Å². The molecule has 0 saturated carbocycles. The number of halogens is 1. The van der Waals surface area contributed by atoms with Crippen LogP contribution >= 0.6 is 19.2 Å². The molecule has 1 rings (SSSR count). The predicted octanol–water partition coefficient (Wildman–Crippen LogP) is 4.45. The fourth-order valence-corrected chi connectivity index (χ4v) is 3.13. The van der Waals surface area contributed by atoms with Gasteiger partial charge in [0.2, 0.25) is 0 Å². The van der Waals surface area contributed by atoms with Gasteiger partial charge in [-0.3, -0.25) is 4.57 Å². The van der Waals surface area contributed by atoms with E-state index < -0.39 is 7.60 Å². The van der Waals surface area contributed by atoms with Crippen molar-refractivity contribution in [1.29, 1.82) is 0 Å². The van der Waals surface area contributed by atoms with Crippen LogP contribution in [0.5, 0.6) is 0 Å². The molecule has 1 aromatic carbocycles. The van der Waals surface area contributed by atoms with Gasteiger partial charge in [0, 0.05) is 13.0 Å². The quantitative estimate of drug-likeness (QED) is 0.383. The Labute approximate surface area is 114 Å². The lowest BCUT2D eigenvalue weighted by molar-refractivity contribution is 0.228. The molecule has 1 aromatic rings. The number of hydrogen-bond acceptors (Lipinski definition) is 3. The highest BCUT2D eigenvalue weighted by Gasteiger charge is 2.23. The molecule has 18 heavy (non-hydrogen) atoms. The van der Waals surface area contributed by atoms with E-state index in [-0.39, 0.29) is 0 Å². The number of hydrogen-bond donors (Lipinski definition) is 0. The fraction of sp³-hybridized carbons (Fsp3) is 0.538. The lowest BCUT2D eigenvalue weighted by Crippen LogP contribution is -1.99. The molecule has 0 aliphatic heterocycles. The topological polar surface area (TPSA) is 35.5 Å². The first-order valence-electron chi connectivity index (χ1n) is 6.09. The maximum absolute atomic E-state index is 12.3. The maximum Gasteiger partial charge on any atom is 0.334 e. The van der Waals surface area contributed by atoms with Crippen molar-refractivity contribution in [3.05, 3.63) is 35.9 Å². The first kappa shape index (κ1) is 15.7. The fourth-order valence-electron chi connectivity index (χ4n) is 1.55. The zero-order valence-electron chi connectivity index (χ0n) is 10.7. The molecule has 0 aliphatic carbocycles. The number of rotatable bonds is 9. The summed E-state index contributed by atoms with van der Waals surface area (Å²) < 4.78 is 22.8. The van der Waals surface area contributed by atoms with Gasteiger partial charge in [-0.2, -0.15) is 0 Å². The second-order valence-electron chi connectivity index (χ2n) is 4.02. The molecule has 1 unspecified atom stereocenters. The molecule has 0 heterocycles. The van der Waals surface area contributed by atoms with E-state index in [1.54, 1.807) is 0 Å². The Morgan fingerprint density at radius 3 is 2.50 bits per heavy atom. The molecule has 3 nitrogen and oxygen atoms in total. The summed E-state index contributed by atoms with van der Waals surface area (Å²) in [4.78, 5) is 0. The molecule has 0 bridgehead atoms. The molecular formula is C13H20ClO3P. The Morgan fingerprint density at radius 2 is 1.89 bits per heavy atom. The SMILES string of the molecule is COP(=O)(Cc1ccccc1)OCCCCCCl. The van der Waals surface area contributed by atoms with Gasteiger partial charge in [0.25, 0.3) is 0 Å². The molecule has 102 valence electrons. The molecule has 0 fully saturated rings. The van der Waals surface area contributed by atoms with Crippen LogP contribution in [0, 0.1) is 0 Å². The molecular weight excluding hydrogens is 271 g/mol. The smallest absolute Gasteiger partial charge is 0.312 e. The summed E-state index contributed by atoms with van der Waals surface area (Å²) in [6, 6.07) is 9.59. The van der Waals surface area contributed by atoms with Crippen LogP contribution in [0.1, 0.15) is 24.8 Å². The molecule has 0 amide bonds. The molecule has 0 aliphatic rings. The van der Waals surface area contributed by atoms with Crippen LogP contribution in [-0.2, 0) is 19.8 Å². The molecule has 0 aromatic heterocycles. The van der Waals surface area contributed by atoms with Gasteiger partial charge >= 0.3 is 7.60 Å². The van der Waals surface area contributed by atoms with E-state index in [0.717, 1.165) is 24.8 Å². The Kier molecular flexibility index (Phi) is 7.60. The van der Waals surface area contributed by atoms with Gasteiger partial charge in [-0.1, -0.05) is 30.3 Å². The zero-order chi connectivity index (χ0) is 13.3. The Morgan fingerprint density at radius 1 is 1.17 bits per heavy atom. The monoisotopic (exact) mass is 290 g/mol. The van der Waals surface area contributed by atoms with E-state index in [0.29, 0.717) is 18.6 Å². The summed E-state index contributed by atoms with van der Waals surface area (Å²) in [5.41, 5.74) is 0.962. The van der Waals surface area contributed by atoms with Gasteiger partial charge in [0.1, 0.15) is 0 Å². The summed E-state index contributed by atoms with van der Waals surface area (Å²) >= 11 is 5.58. The van der Waals surface area contributed by atoms with Crippen LogP contribution in [-0.4, -0.2) is 19.6 Å². The maximum atomic E-state index is 12.3. The van der Waals surface area contributed by atoms with Crippen molar-refractivity contribution >= 4 is 19.2 Å².